The van der Waals surface area contributed by atoms with E-state index in [-0.39, 0.29) is 17.6 Å². The molecule has 0 heterocycles. The van der Waals surface area contributed by atoms with Crippen LogP contribution in [0.1, 0.15) is 34.6 Å². The molecular weight excluding hydrogens is 430 g/mol. The van der Waals surface area contributed by atoms with Crippen molar-refractivity contribution in [1.29, 1.82) is 0 Å². The first kappa shape index (κ1) is 24.8. The number of nitrogens with zero attached hydrogens (tertiary/aromatic N) is 2. The summed E-state index contributed by atoms with van der Waals surface area (Å²) in [6, 6.07) is 20.4. The fraction of sp³-hybridized carbons (Fsp3) is 0.259. The third-order valence-corrected chi connectivity index (χ3v) is 5.63. The number of phenolic OH excluding ortho intramolecular Hbond substituents is 1. The average molecular weight is 462 g/mol. The fourth-order valence-electron chi connectivity index (χ4n) is 3.66. The predicted molar refractivity (Wildman–Crippen MR) is 134 cm³/mol. The number of amides is 2. The van der Waals surface area contributed by atoms with E-state index in [0.29, 0.717) is 34.8 Å². The second-order valence-electron chi connectivity index (χ2n) is 7.69. The van der Waals surface area contributed by atoms with Gasteiger partial charge in [0.1, 0.15) is 11.5 Å². The molecule has 7 heteroatoms. The number of anilines is 2. The normalized spacial score (nSPS) is 10.7. The Morgan fingerprint density at radius 2 is 1.56 bits per heavy atom. The number of benzene rings is 3. The number of carbonyl (C=O) groups excluding carboxylic acids is 2. The lowest BCUT2D eigenvalue weighted by molar-refractivity contribution is 0.0945. The van der Waals surface area contributed by atoms with Crippen LogP contribution >= 0.6 is 0 Å². The molecule has 0 spiro atoms. The van der Waals surface area contributed by atoms with Crippen LogP contribution in [0, 0.1) is 0 Å². The molecule has 0 bridgehead atoms. The molecule has 3 aromatic carbocycles. The Bertz CT molecular complexity index is 1100. The molecule has 0 radical (unpaired) electrons. The largest absolute Gasteiger partial charge is 0.508 e. The van der Waals surface area contributed by atoms with Gasteiger partial charge in [0.2, 0.25) is 0 Å². The van der Waals surface area contributed by atoms with Crippen molar-refractivity contribution in [2.24, 2.45) is 0 Å². The van der Waals surface area contributed by atoms with Crippen LogP contribution in [0.15, 0.2) is 72.8 Å². The summed E-state index contributed by atoms with van der Waals surface area (Å²) in [7, 11) is 1.50. The van der Waals surface area contributed by atoms with Crippen LogP contribution in [0.4, 0.5) is 11.4 Å². The number of rotatable bonds is 10. The van der Waals surface area contributed by atoms with Gasteiger partial charge in [-0.25, -0.2) is 0 Å². The first-order valence-corrected chi connectivity index (χ1v) is 11.4. The summed E-state index contributed by atoms with van der Waals surface area (Å²) < 4.78 is 5.52. The molecule has 0 aliphatic heterocycles. The van der Waals surface area contributed by atoms with Crippen molar-refractivity contribution in [1.82, 2.24) is 10.2 Å². The molecule has 0 aliphatic rings. The Morgan fingerprint density at radius 3 is 2.18 bits per heavy atom. The van der Waals surface area contributed by atoms with Crippen molar-refractivity contribution in [3.63, 3.8) is 0 Å². The van der Waals surface area contributed by atoms with E-state index in [1.165, 1.54) is 24.1 Å². The van der Waals surface area contributed by atoms with Crippen LogP contribution in [0.25, 0.3) is 0 Å². The Morgan fingerprint density at radius 1 is 0.912 bits per heavy atom. The first-order chi connectivity index (χ1) is 16.5. The summed E-state index contributed by atoms with van der Waals surface area (Å²) >= 11 is 0. The van der Waals surface area contributed by atoms with Gasteiger partial charge in [-0.15, -0.1) is 0 Å². The Balaban J connectivity index is 1.91. The zero-order valence-corrected chi connectivity index (χ0v) is 19.8. The number of hydrogen-bond donors (Lipinski definition) is 2. The predicted octanol–water partition coefficient (Wildman–Crippen LogP) is 4.45. The van der Waals surface area contributed by atoms with Gasteiger partial charge in [-0.3, -0.25) is 14.5 Å². The van der Waals surface area contributed by atoms with E-state index in [4.69, 9.17) is 4.74 Å². The Labute approximate surface area is 200 Å². The maximum atomic E-state index is 13.4. The molecule has 0 atom stereocenters. The third-order valence-electron chi connectivity index (χ3n) is 5.63. The van der Waals surface area contributed by atoms with Crippen molar-refractivity contribution >= 4 is 23.2 Å². The number of hydrogen-bond acceptors (Lipinski definition) is 5. The first-order valence-electron chi connectivity index (χ1n) is 11.4. The van der Waals surface area contributed by atoms with Gasteiger partial charge in [-0.05, 0) is 61.6 Å². The molecule has 2 amide bonds. The molecular formula is C27H31N3O4. The molecule has 0 aromatic heterocycles. The number of phenols is 1. The van der Waals surface area contributed by atoms with E-state index in [1.807, 2.05) is 6.07 Å². The van der Waals surface area contributed by atoms with Crippen LogP contribution in [-0.2, 0) is 0 Å². The highest BCUT2D eigenvalue weighted by Crippen LogP contribution is 2.33. The molecule has 0 fully saturated rings. The highest BCUT2D eigenvalue weighted by molar-refractivity contribution is 6.11. The number of ether oxygens (including phenoxy) is 1. The highest BCUT2D eigenvalue weighted by Gasteiger charge is 2.22. The van der Waals surface area contributed by atoms with E-state index >= 15 is 0 Å². The number of likely N-dealkylation sites (N-methyl/N-ethyl adjacent to an activating group) is 1. The summed E-state index contributed by atoms with van der Waals surface area (Å²) in [6.45, 7) is 7.31. The van der Waals surface area contributed by atoms with Crippen LogP contribution in [-0.4, -0.2) is 55.1 Å². The van der Waals surface area contributed by atoms with Gasteiger partial charge >= 0.3 is 0 Å². The lowest BCUT2D eigenvalue weighted by Crippen LogP contribution is -2.35. The minimum absolute atomic E-state index is 0.102. The van der Waals surface area contributed by atoms with Gasteiger partial charge in [0, 0.05) is 30.4 Å². The number of aromatic hydroxyl groups is 1. The van der Waals surface area contributed by atoms with Gasteiger partial charge in [-0.2, -0.15) is 0 Å². The quantitative estimate of drug-likeness (QED) is 0.466. The molecule has 34 heavy (non-hydrogen) atoms. The second kappa shape index (κ2) is 11.9. The van der Waals surface area contributed by atoms with E-state index in [0.717, 1.165) is 19.6 Å². The van der Waals surface area contributed by atoms with Crippen molar-refractivity contribution in [2.75, 3.05) is 38.2 Å². The highest BCUT2D eigenvalue weighted by atomic mass is 16.5. The smallest absolute Gasteiger partial charge is 0.262 e. The minimum Gasteiger partial charge on any atom is -0.508 e. The number of methoxy groups -OCH3 is 1. The van der Waals surface area contributed by atoms with Crippen molar-refractivity contribution < 1.29 is 19.4 Å². The molecule has 0 unspecified atom stereocenters. The topological polar surface area (TPSA) is 82.1 Å². The van der Waals surface area contributed by atoms with Crippen LogP contribution in [0.2, 0.25) is 0 Å². The molecule has 3 rings (SSSR count). The monoisotopic (exact) mass is 461 g/mol. The van der Waals surface area contributed by atoms with Crippen molar-refractivity contribution in [2.45, 2.75) is 13.8 Å². The molecule has 2 N–H and O–H groups in total. The molecule has 178 valence electrons. The van der Waals surface area contributed by atoms with Crippen LogP contribution in [0.3, 0.4) is 0 Å². The maximum Gasteiger partial charge on any atom is 0.262 e. The number of nitrogens with one attached hydrogen (secondary N) is 1. The van der Waals surface area contributed by atoms with Gasteiger partial charge < -0.3 is 20.1 Å². The lowest BCUT2D eigenvalue weighted by Gasteiger charge is -2.24. The number of carbonyl (C=O) groups is 2. The molecule has 3 aromatic rings. The van der Waals surface area contributed by atoms with Crippen LogP contribution < -0.4 is 15.0 Å². The molecule has 7 nitrogen and oxygen atoms in total. The van der Waals surface area contributed by atoms with Crippen molar-refractivity contribution in [3.05, 3.63) is 83.9 Å². The Kier molecular flexibility index (Phi) is 8.65. The zero-order valence-electron chi connectivity index (χ0n) is 19.8. The molecule has 0 saturated carbocycles. The van der Waals surface area contributed by atoms with Gasteiger partial charge in [-0.1, -0.05) is 32.0 Å². The van der Waals surface area contributed by atoms with Crippen molar-refractivity contribution in [3.8, 4) is 11.5 Å². The van der Waals surface area contributed by atoms with Gasteiger partial charge in [0.05, 0.1) is 18.4 Å². The van der Waals surface area contributed by atoms with E-state index in [2.05, 4.69) is 24.1 Å². The van der Waals surface area contributed by atoms with E-state index in [9.17, 15) is 14.7 Å². The summed E-state index contributed by atoms with van der Waals surface area (Å²) in [5.74, 6) is -0.0152. The average Bonchev–Trinajstić information content (AvgIpc) is 2.88. The summed E-state index contributed by atoms with van der Waals surface area (Å²) in [5, 5.41) is 12.6. The fourth-order valence-corrected chi connectivity index (χ4v) is 3.66. The standard InChI is InChI=1S/C27H31N3O4/c1-4-29(5-2)18-17-28-26(32)24-16-13-22(19-25(24)34-3)30(21-11-14-23(31)15-12-21)27(33)20-9-7-6-8-10-20/h6-16,19,31H,4-5,17-18H2,1-3H3,(H,28,32). The second-order valence-corrected chi connectivity index (χ2v) is 7.69. The van der Waals surface area contributed by atoms with Gasteiger partial charge in [0.15, 0.2) is 0 Å². The SMILES string of the molecule is CCN(CC)CCNC(=O)c1ccc(N(C(=O)c2ccccc2)c2ccc(O)cc2)cc1OC. The summed E-state index contributed by atoms with van der Waals surface area (Å²) in [4.78, 5) is 30.0. The summed E-state index contributed by atoms with van der Waals surface area (Å²) in [6.07, 6.45) is 0. The molecule has 0 aliphatic carbocycles. The Hall–Kier alpha value is -3.84. The maximum absolute atomic E-state index is 13.4. The van der Waals surface area contributed by atoms with E-state index < -0.39 is 0 Å². The van der Waals surface area contributed by atoms with E-state index in [1.54, 1.807) is 54.6 Å². The third kappa shape index (κ3) is 5.94. The lowest BCUT2D eigenvalue weighted by atomic mass is 10.1. The zero-order chi connectivity index (χ0) is 24.5. The summed E-state index contributed by atoms with van der Waals surface area (Å²) in [5.41, 5.74) is 2.01. The van der Waals surface area contributed by atoms with Gasteiger partial charge in [0.25, 0.3) is 11.8 Å². The minimum atomic E-state index is -0.246. The molecule has 0 saturated heterocycles. The van der Waals surface area contributed by atoms with Crippen LogP contribution in [0.5, 0.6) is 11.5 Å².